The summed E-state index contributed by atoms with van der Waals surface area (Å²) in [7, 11) is 3.68. The fourth-order valence-corrected chi connectivity index (χ4v) is 3.24. The molecule has 146 valence electrons. The molecule has 2 aromatic rings. The zero-order valence-electron chi connectivity index (χ0n) is 16.6. The fraction of sp³-hybridized carbons (Fsp3) is 0.526. The van der Waals surface area contributed by atoms with Crippen molar-refractivity contribution in [1.82, 2.24) is 25.4 Å². The molecule has 0 bridgehead atoms. The van der Waals surface area contributed by atoms with Crippen LogP contribution in [0, 0.1) is 6.92 Å². The maximum absolute atomic E-state index is 5.50. The number of benzene rings is 1. The maximum atomic E-state index is 5.50. The minimum Gasteiger partial charge on any atom is -0.495 e. The monoisotopic (exact) mass is 371 g/mol. The van der Waals surface area contributed by atoms with Crippen LogP contribution in [0.5, 0.6) is 5.75 Å². The molecule has 2 heterocycles. The molecular formula is C19H29N7O. The van der Waals surface area contributed by atoms with Crippen molar-refractivity contribution in [3.8, 4) is 5.75 Å². The summed E-state index contributed by atoms with van der Waals surface area (Å²) in [4.78, 5) is 7.03. The summed E-state index contributed by atoms with van der Waals surface area (Å²) in [5.41, 5.74) is 1.14. The Kier molecular flexibility index (Phi) is 6.16. The molecular weight excluding hydrogens is 342 g/mol. The SMILES string of the molecule is CCNC(=NCc1nnc(C)n1C)NC1CCN(c2ccccc2OC)C1. The molecule has 1 fully saturated rings. The summed E-state index contributed by atoms with van der Waals surface area (Å²) >= 11 is 0. The van der Waals surface area contributed by atoms with Gasteiger partial charge >= 0.3 is 0 Å². The molecule has 0 saturated carbocycles. The van der Waals surface area contributed by atoms with Gasteiger partial charge in [0, 0.05) is 32.7 Å². The van der Waals surface area contributed by atoms with E-state index in [0.29, 0.717) is 12.6 Å². The van der Waals surface area contributed by atoms with Gasteiger partial charge in [0.25, 0.3) is 0 Å². The third-order valence-electron chi connectivity index (χ3n) is 4.86. The van der Waals surface area contributed by atoms with Gasteiger partial charge in [0.05, 0.1) is 12.8 Å². The quantitative estimate of drug-likeness (QED) is 0.591. The van der Waals surface area contributed by atoms with E-state index in [1.807, 2.05) is 36.7 Å². The molecule has 3 rings (SSSR count). The van der Waals surface area contributed by atoms with Crippen molar-refractivity contribution in [3.63, 3.8) is 0 Å². The number of methoxy groups -OCH3 is 1. The van der Waals surface area contributed by atoms with Crippen LogP contribution in [-0.2, 0) is 13.6 Å². The van der Waals surface area contributed by atoms with E-state index in [1.165, 1.54) is 0 Å². The van der Waals surface area contributed by atoms with Gasteiger partial charge in [0.15, 0.2) is 11.8 Å². The third-order valence-corrected chi connectivity index (χ3v) is 4.86. The lowest BCUT2D eigenvalue weighted by Gasteiger charge is -2.22. The van der Waals surface area contributed by atoms with Crippen molar-refractivity contribution >= 4 is 11.6 Å². The van der Waals surface area contributed by atoms with Crippen molar-refractivity contribution in [2.75, 3.05) is 31.6 Å². The molecule has 1 aromatic carbocycles. The van der Waals surface area contributed by atoms with Crippen LogP contribution in [0.4, 0.5) is 5.69 Å². The van der Waals surface area contributed by atoms with Crippen LogP contribution in [0.25, 0.3) is 0 Å². The van der Waals surface area contributed by atoms with Crippen molar-refractivity contribution in [2.45, 2.75) is 32.9 Å². The zero-order chi connectivity index (χ0) is 19.2. The van der Waals surface area contributed by atoms with Gasteiger partial charge in [-0.1, -0.05) is 12.1 Å². The second-order valence-electron chi connectivity index (χ2n) is 6.67. The largest absolute Gasteiger partial charge is 0.495 e. The summed E-state index contributed by atoms with van der Waals surface area (Å²) in [6.07, 6.45) is 1.05. The lowest BCUT2D eigenvalue weighted by Crippen LogP contribution is -2.44. The molecule has 2 N–H and O–H groups in total. The van der Waals surface area contributed by atoms with E-state index in [2.05, 4.69) is 43.7 Å². The number of hydrogen-bond acceptors (Lipinski definition) is 5. The first kappa shape index (κ1) is 19.0. The molecule has 1 aliphatic heterocycles. The standard InChI is InChI=1S/C19H29N7O/c1-5-20-19(21-12-18-24-23-14(2)25(18)3)22-15-10-11-26(13-15)16-8-6-7-9-17(16)27-4/h6-9,15H,5,10-13H2,1-4H3,(H2,20,21,22). The van der Waals surface area contributed by atoms with E-state index in [4.69, 9.17) is 4.74 Å². The first-order valence-corrected chi connectivity index (χ1v) is 9.40. The van der Waals surface area contributed by atoms with Gasteiger partial charge in [0.1, 0.15) is 18.1 Å². The number of aryl methyl sites for hydroxylation is 1. The fourth-order valence-electron chi connectivity index (χ4n) is 3.24. The van der Waals surface area contributed by atoms with E-state index in [9.17, 15) is 0 Å². The van der Waals surface area contributed by atoms with Crippen molar-refractivity contribution in [3.05, 3.63) is 35.9 Å². The van der Waals surface area contributed by atoms with E-state index < -0.39 is 0 Å². The highest BCUT2D eigenvalue weighted by atomic mass is 16.5. The van der Waals surface area contributed by atoms with Crippen LogP contribution < -0.4 is 20.3 Å². The third kappa shape index (κ3) is 4.50. The number of anilines is 1. The van der Waals surface area contributed by atoms with E-state index in [1.54, 1.807) is 7.11 Å². The summed E-state index contributed by atoms with van der Waals surface area (Å²) in [5, 5.41) is 15.1. The number of aliphatic imine (C=N–C) groups is 1. The van der Waals surface area contributed by atoms with E-state index in [-0.39, 0.29) is 0 Å². The van der Waals surface area contributed by atoms with Gasteiger partial charge in [-0.15, -0.1) is 10.2 Å². The lowest BCUT2D eigenvalue weighted by atomic mass is 10.2. The highest BCUT2D eigenvalue weighted by Crippen LogP contribution is 2.30. The summed E-state index contributed by atoms with van der Waals surface area (Å²) < 4.78 is 7.46. The first-order chi connectivity index (χ1) is 13.1. The molecule has 8 nitrogen and oxygen atoms in total. The highest BCUT2D eigenvalue weighted by molar-refractivity contribution is 5.80. The maximum Gasteiger partial charge on any atom is 0.191 e. The minimum atomic E-state index is 0.328. The Hall–Kier alpha value is -2.77. The van der Waals surface area contributed by atoms with Crippen LogP contribution in [-0.4, -0.2) is 53.5 Å². The van der Waals surface area contributed by atoms with E-state index >= 15 is 0 Å². The number of para-hydroxylation sites is 2. The van der Waals surface area contributed by atoms with Crippen molar-refractivity contribution < 1.29 is 4.74 Å². The number of ether oxygens (including phenoxy) is 1. The molecule has 8 heteroatoms. The summed E-state index contributed by atoms with van der Waals surface area (Å²) in [5.74, 6) is 3.47. The summed E-state index contributed by atoms with van der Waals surface area (Å²) in [6.45, 7) is 7.21. The van der Waals surface area contributed by atoms with Gasteiger partial charge < -0.3 is 24.8 Å². The van der Waals surface area contributed by atoms with Gasteiger partial charge in [-0.05, 0) is 32.4 Å². The average Bonchev–Trinajstić information content (AvgIpc) is 3.27. The first-order valence-electron chi connectivity index (χ1n) is 9.40. The van der Waals surface area contributed by atoms with Crippen LogP contribution in [0.1, 0.15) is 25.0 Å². The minimum absolute atomic E-state index is 0.328. The Labute approximate surface area is 160 Å². The molecule has 1 saturated heterocycles. The molecule has 0 radical (unpaired) electrons. The Bertz CT molecular complexity index is 786. The van der Waals surface area contributed by atoms with Gasteiger partial charge in [-0.25, -0.2) is 4.99 Å². The van der Waals surface area contributed by atoms with E-state index in [0.717, 1.165) is 55.1 Å². The predicted molar refractivity (Wildman–Crippen MR) is 107 cm³/mol. The van der Waals surface area contributed by atoms with Crippen LogP contribution in [0.15, 0.2) is 29.3 Å². The van der Waals surface area contributed by atoms with Crippen molar-refractivity contribution in [2.24, 2.45) is 12.0 Å². The Morgan fingerprint density at radius 3 is 2.85 bits per heavy atom. The average molecular weight is 371 g/mol. The Morgan fingerprint density at radius 2 is 2.15 bits per heavy atom. The second-order valence-corrected chi connectivity index (χ2v) is 6.67. The summed E-state index contributed by atoms with van der Waals surface area (Å²) in [6, 6.07) is 8.49. The molecule has 0 aliphatic carbocycles. The smallest absolute Gasteiger partial charge is 0.191 e. The Morgan fingerprint density at radius 1 is 1.33 bits per heavy atom. The molecule has 0 spiro atoms. The number of nitrogens with zero attached hydrogens (tertiary/aromatic N) is 5. The molecule has 1 aliphatic rings. The number of guanidine groups is 1. The highest BCUT2D eigenvalue weighted by Gasteiger charge is 2.25. The van der Waals surface area contributed by atoms with Gasteiger partial charge in [-0.3, -0.25) is 0 Å². The normalized spacial score (nSPS) is 17.3. The number of nitrogens with one attached hydrogen (secondary N) is 2. The molecule has 1 unspecified atom stereocenters. The predicted octanol–water partition coefficient (Wildman–Crippen LogP) is 1.47. The van der Waals surface area contributed by atoms with Crippen LogP contribution >= 0.6 is 0 Å². The Balaban J connectivity index is 1.63. The number of hydrogen-bond donors (Lipinski definition) is 2. The second kappa shape index (κ2) is 8.75. The topological polar surface area (TPSA) is 79.6 Å². The number of rotatable bonds is 6. The lowest BCUT2D eigenvalue weighted by molar-refractivity contribution is 0.415. The van der Waals surface area contributed by atoms with Crippen LogP contribution in [0.2, 0.25) is 0 Å². The van der Waals surface area contributed by atoms with Gasteiger partial charge in [0.2, 0.25) is 0 Å². The molecule has 0 amide bonds. The van der Waals surface area contributed by atoms with Crippen molar-refractivity contribution in [1.29, 1.82) is 0 Å². The molecule has 1 atom stereocenters. The zero-order valence-corrected chi connectivity index (χ0v) is 16.6. The van der Waals surface area contributed by atoms with Gasteiger partial charge in [-0.2, -0.15) is 0 Å². The van der Waals surface area contributed by atoms with Crippen LogP contribution in [0.3, 0.4) is 0 Å². The molecule has 1 aromatic heterocycles. The molecule has 27 heavy (non-hydrogen) atoms. The number of aromatic nitrogens is 3.